The summed E-state index contributed by atoms with van der Waals surface area (Å²) in [5.41, 5.74) is 0.801. The molecule has 5 nitrogen and oxygen atoms in total. The summed E-state index contributed by atoms with van der Waals surface area (Å²) in [6.07, 6.45) is 5.74. The monoisotopic (exact) mass is 322 g/mol. The van der Waals surface area contributed by atoms with Gasteiger partial charge in [-0.1, -0.05) is 43.2 Å². The van der Waals surface area contributed by atoms with Gasteiger partial charge in [-0.15, -0.1) is 0 Å². The third-order valence-corrected chi connectivity index (χ3v) is 5.23. The zero-order valence-electron chi connectivity index (χ0n) is 12.7. The van der Waals surface area contributed by atoms with Crippen LogP contribution in [0.4, 0.5) is 0 Å². The zero-order valence-corrected chi connectivity index (χ0v) is 13.6. The van der Waals surface area contributed by atoms with Crippen molar-refractivity contribution in [3.63, 3.8) is 0 Å². The molecule has 0 aliphatic heterocycles. The maximum Gasteiger partial charge on any atom is 0.236 e. The van der Waals surface area contributed by atoms with Gasteiger partial charge in [0.05, 0.1) is 6.54 Å². The molecule has 22 heavy (non-hydrogen) atoms. The van der Waals surface area contributed by atoms with E-state index in [0.717, 1.165) is 41.0 Å². The third-order valence-electron chi connectivity index (χ3n) is 3.75. The number of carbonyl (C=O) groups is 1. The van der Waals surface area contributed by atoms with Gasteiger partial charge in [-0.2, -0.15) is 4.31 Å². The Morgan fingerprint density at radius 2 is 1.91 bits per heavy atom. The minimum Gasteiger partial charge on any atom is -0.352 e. The second-order valence-corrected chi connectivity index (χ2v) is 7.49. The van der Waals surface area contributed by atoms with Crippen LogP contribution in [0.2, 0.25) is 0 Å². The largest absolute Gasteiger partial charge is 0.352 e. The number of nitrogens with one attached hydrogen (secondary N) is 1. The van der Waals surface area contributed by atoms with Crippen molar-refractivity contribution in [1.82, 2.24) is 9.62 Å². The quantitative estimate of drug-likeness (QED) is 0.871. The van der Waals surface area contributed by atoms with E-state index in [1.807, 2.05) is 30.3 Å². The Bertz CT molecular complexity index is 620. The van der Waals surface area contributed by atoms with Crippen LogP contribution in [0.3, 0.4) is 0 Å². The third kappa shape index (κ3) is 4.96. The van der Waals surface area contributed by atoms with Crippen molar-refractivity contribution in [2.75, 3.05) is 13.6 Å². The lowest BCUT2D eigenvalue weighted by atomic mass is 10.2. The van der Waals surface area contributed by atoms with Crippen molar-refractivity contribution in [1.29, 1.82) is 0 Å². The van der Waals surface area contributed by atoms with Crippen molar-refractivity contribution in [3.8, 4) is 0 Å². The van der Waals surface area contributed by atoms with Gasteiger partial charge in [-0.3, -0.25) is 4.79 Å². The standard InChI is InChI=1S/C16H22N2O3S/c1-18(13-16(19)17-15-9-5-6-10-15)22(20,21)12-11-14-7-3-2-4-8-14/h2-4,7-8,11-12,15H,5-6,9-10,13H2,1H3,(H,17,19)/b12-11+. The summed E-state index contributed by atoms with van der Waals surface area (Å²) in [7, 11) is -2.18. The number of hydrogen-bond acceptors (Lipinski definition) is 3. The summed E-state index contributed by atoms with van der Waals surface area (Å²) in [6, 6.07) is 9.38. The smallest absolute Gasteiger partial charge is 0.236 e. The molecule has 1 aromatic carbocycles. The first-order valence-corrected chi connectivity index (χ1v) is 8.96. The molecule has 1 aliphatic carbocycles. The number of benzene rings is 1. The Morgan fingerprint density at radius 1 is 1.27 bits per heavy atom. The van der Waals surface area contributed by atoms with E-state index in [2.05, 4.69) is 5.32 Å². The average molecular weight is 322 g/mol. The molecular weight excluding hydrogens is 300 g/mol. The van der Waals surface area contributed by atoms with Crippen molar-refractivity contribution >= 4 is 22.0 Å². The lowest BCUT2D eigenvalue weighted by molar-refractivity contribution is -0.121. The Morgan fingerprint density at radius 3 is 2.55 bits per heavy atom. The Kier molecular flexibility index (Phi) is 5.74. The lowest BCUT2D eigenvalue weighted by Gasteiger charge is -2.17. The summed E-state index contributed by atoms with van der Waals surface area (Å²) in [6.45, 7) is -0.155. The second kappa shape index (κ2) is 7.56. The normalized spacial score (nSPS) is 16.5. The summed E-state index contributed by atoms with van der Waals surface area (Å²) >= 11 is 0. The number of nitrogens with zero attached hydrogens (tertiary/aromatic N) is 1. The molecule has 2 rings (SSSR count). The minimum absolute atomic E-state index is 0.155. The highest BCUT2D eigenvalue weighted by atomic mass is 32.2. The van der Waals surface area contributed by atoms with E-state index in [4.69, 9.17) is 0 Å². The van der Waals surface area contributed by atoms with Crippen LogP contribution in [0.1, 0.15) is 31.2 Å². The molecule has 1 aromatic rings. The molecule has 0 unspecified atom stereocenters. The number of rotatable bonds is 6. The van der Waals surface area contributed by atoms with Gasteiger partial charge < -0.3 is 5.32 Å². The SMILES string of the molecule is CN(CC(=O)NC1CCCC1)S(=O)(=O)/C=C/c1ccccc1. The van der Waals surface area contributed by atoms with E-state index >= 15 is 0 Å². The van der Waals surface area contributed by atoms with Crippen LogP contribution in [0.5, 0.6) is 0 Å². The first kappa shape index (κ1) is 16.7. The fourth-order valence-electron chi connectivity index (χ4n) is 2.47. The van der Waals surface area contributed by atoms with Gasteiger partial charge in [0, 0.05) is 18.5 Å². The van der Waals surface area contributed by atoms with Crippen LogP contribution in [0.15, 0.2) is 35.7 Å². The van der Waals surface area contributed by atoms with Gasteiger partial charge in [-0.05, 0) is 24.5 Å². The van der Waals surface area contributed by atoms with Crippen LogP contribution in [0, 0.1) is 0 Å². The first-order chi connectivity index (χ1) is 10.5. The zero-order chi connectivity index (χ0) is 16.0. The predicted molar refractivity (Wildman–Crippen MR) is 87.4 cm³/mol. The van der Waals surface area contributed by atoms with Gasteiger partial charge in [0.15, 0.2) is 0 Å². The predicted octanol–water partition coefficient (Wildman–Crippen LogP) is 1.98. The molecule has 0 heterocycles. The molecule has 1 aliphatic rings. The molecule has 0 aromatic heterocycles. The van der Waals surface area contributed by atoms with Crippen LogP contribution in [-0.4, -0.2) is 38.3 Å². The van der Waals surface area contributed by atoms with E-state index in [0.29, 0.717) is 0 Å². The maximum absolute atomic E-state index is 12.1. The van der Waals surface area contributed by atoms with Crippen molar-refractivity contribution in [2.24, 2.45) is 0 Å². The minimum atomic E-state index is -3.60. The van der Waals surface area contributed by atoms with Crippen molar-refractivity contribution in [2.45, 2.75) is 31.7 Å². The van der Waals surface area contributed by atoms with Gasteiger partial charge in [-0.25, -0.2) is 8.42 Å². The first-order valence-electron chi connectivity index (χ1n) is 7.46. The molecule has 0 radical (unpaired) electrons. The number of sulfonamides is 1. The highest BCUT2D eigenvalue weighted by Crippen LogP contribution is 2.17. The summed E-state index contributed by atoms with van der Waals surface area (Å²) < 4.78 is 25.3. The molecule has 0 atom stereocenters. The molecule has 1 fully saturated rings. The van der Waals surface area contributed by atoms with E-state index < -0.39 is 10.0 Å². The number of likely N-dealkylation sites (N-methyl/N-ethyl adjacent to an activating group) is 1. The maximum atomic E-state index is 12.1. The fraction of sp³-hybridized carbons (Fsp3) is 0.438. The van der Waals surface area contributed by atoms with Crippen LogP contribution >= 0.6 is 0 Å². The Balaban J connectivity index is 1.90. The summed E-state index contributed by atoms with van der Waals surface area (Å²) in [5.74, 6) is -0.244. The summed E-state index contributed by atoms with van der Waals surface area (Å²) in [4.78, 5) is 11.9. The van der Waals surface area contributed by atoms with Gasteiger partial charge >= 0.3 is 0 Å². The number of carbonyl (C=O) groups excluding carboxylic acids is 1. The molecule has 0 bridgehead atoms. The van der Waals surface area contributed by atoms with Gasteiger partial charge in [0.2, 0.25) is 15.9 Å². The fourth-order valence-corrected chi connectivity index (χ4v) is 3.30. The van der Waals surface area contributed by atoms with E-state index in [1.165, 1.54) is 13.1 Å². The van der Waals surface area contributed by atoms with E-state index in [9.17, 15) is 13.2 Å². The molecular formula is C16H22N2O3S. The van der Waals surface area contributed by atoms with Crippen molar-refractivity contribution < 1.29 is 13.2 Å². The molecule has 0 spiro atoms. The van der Waals surface area contributed by atoms with Crippen LogP contribution < -0.4 is 5.32 Å². The van der Waals surface area contributed by atoms with E-state index in [-0.39, 0.29) is 18.5 Å². The molecule has 120 valence electrons. The lowest BCUT2D eigenvalue weighted by Crippen LogP contribution is -2.41. The van der Waals surface area contributed by atoms with Crippen LogP contribution in [-0.2, 0) is 14.8 Å². The second-order valence-electron chi connectivity index (χ2n) is 5.56. The number of amides is 1. The molecule has 1 saturated carbocycles. The number of hydrogen-bond donors (Lipinski definition) is 1. The van der Waals surface area contributed by atoms with Crippen molar-refractivity contribution in [3.05, 3.63) is 41.3 Å². The van der Waals surface area contributed by atoms with Crippen LogP contribution in [0.25, 0.3) is 6.08 Å². The average Bonchev–Trinajstić information content (AvgIpc) is 2.99. The topological polar surface area (TPSA) is 66.5 Å². The molecule has 0 saturated heterocycles. The molecule has 1 N–H and O–H groups in total. The Hall–Kier alpha value is -1.66. The highest BCUT2D eigenvalue weighted by molar-refractivity contribution is 7.92. The molecule has 1 amide bonds. The Labute approximate surface area is 132 Å². The van der Waals surface area contributed by atoms with Gasteiger partial charge in [0.1, 0.15) is 0 Å². The van der Waals surface area contributed by atoms with E-state index in [1.54, 1.807) is 0 Å². The highest BCUT2D eigenvalue weighted by Gasteiger charge is 2.21. The molecule has 6 heteroatoms. The summed E-state index contributed by atoms with van der Waals surface area (Å²) in [5, 5.41) is 4.02. The van der Waals surface area contributed by atoms with Gasteiger partial charge in [0.25, 0.3) is 0 Å².